The van der Waals surface area contributed by atoms with E-state index in [1.807, 2.05) is 31.1 Å². The van der Waals surface area contributed by atoms with Crippen molar-refractivity contribution in [3.8, 4) is 5.75 Å². The Morgan fingerprint density at radius 1 is 1.25 bits per heavy atom. The van der Waals surface area contributed by atoms with Gasteiger partial charge in [-0.3, -0.25) is 0 Å². The molecule has 0 heterocycles. The number of phenolic OH excluding ortho intramolecular Hbond substituents is 1. The molecule has 0 radical (unpaired) electrons. The van der Waals surface area contributed by atoms with Gasteiger partial charge in [-0.25, -0.2) is 0 Å². The maximum atomic E-state index is 9.60. The van der Waals surface area contributed by atoms with Crippen LogP contribution in [0.4, 0.5) is 0 Å². The fourth-order valence-corrected chi connectivity index (χ4v) is 1.48. The van der Waals surface area contributed by atoms with Crippen molar-refractivity contribution in [3.63, 3.8) is 0 Å². The lowest BCUT2D eigenvalue weighted by Crippen LogP contribution is -2.34. The third-order valence-electron chi connectivity index (χ3n) is 2.22. The van der Waals surface area contributed by atoms with Gasteiger partial charge in [-0.2, -0.15) is 0 Å². The fourth-order valence-electron chi connectivity index (χ4n) is 1.48. The molecular formula is C12H20N2O2. The Morgan fingerprint density at radius 2 is 1.88 bits per heavy atom. The van der Waals surface area contributed by atoms with Gasteiger partial charge in [-0.05, 0) is 31.8 Å². The molecule has 0 aliphatic heterocycles. The van der Waals surface area contributed by atoms with Crippen molar-refractivity contribution in [3.05, 3.63) is 29.8 Å². The Bertz CT molecular complexity index is 298. The second-order valence-corrected chi connectivity index (χ2v) is 4.21. The van der Waals surface area contributed by atoms with Crippen LogP contribution in [0.1, 0.15) is 5.56 Å². The van der Waals surface area contributed by atoms with Crippen molar-refractivity contribution in [2.24, 2.45) is 0 Å². The Balaban J connectivity index is 2.22. The van der Waals surface area contributed by atoms with Crippen LogP contribution >= 0.6 is 0 Å². The van der Waals surface area contributed by atoms with Crippen LogP contribution in [-0.4, -0.2) is 48.4 Å². The molecule has 0 saturated carbocycles. The van der Waals surface area contributed by atoms with Crippen molar-refractivity contribution in [1.82, 2.24) is 10.2 Å². The number of rotatable bonds is 6. The topological polar surface area (TPSA) is 55.7 Å². The van der Waals surface area contributed by atoms with Crippen molar-refractivity contribution in [2.45, 2.75) is 12.6 Å². The Morgan fingerprint density at radius 3 is 2.44 bits per heavy atom. The highest BCUT2D eigenvalue weighted by atomic mass is 16.3. The molecule has 0 aliphatic carbocycles. The SMILES string of the molecule is CN(C)CC(O)CNCc1ccc(O)cc1. The second-order valence-electron chi connectivity index (χ2n) is 4.21. The minimum atomic E-state index is -0.355. The first-order valence-electron chi connectivity index (χ1n) is 5.39. The summed E-state index contributed by atoms with van der Waals surface area (Å²) in [5.74, 6) is 0.274. The molecule has 0 spiro atoms. The molecule has 1 aromatic carbocycles. The van der Waals surface area contributed by atoms with Gasteiger partial charge < -0.3 is 20.4 Å². The summed E-state index contributed by atoms with van der Waals surface area (Å²) in [7, 11) is 3.87. The Kier molecular flexibility index (Phi) is 5.25. The zero-order chi connectivity index (χ0) is 12.0. The molecule has 0 amide bonds. The summed E-state index contributed by atoms with van der Waals surface area (Å²) in [6.07, 6.45) is -0.355. The summed E-state index contributed by atoms with van der Waals surface area (Å²) in [5, 5.41) is 21.9. The predicted molar refractivity (Wildman–Crippen MR) is 64.4 cm³/mol. The lowest BCUT2D eigenvalue weighted by molar-refractivity contribution is 0.134. The van der Waals surface area contributed by atoms with Crippen LogP contribution in [0.5, 0.6) is 5.75 Å². The average molecular weight is 224 g/mol. The third kappa shape index (κ3) is 5.11. The van der Waals surface area contributed by atoms with Gasteiger partial charge in [0, 0.05) is 19.6 Å². The monoisotopic (exact) mass is 224 g/mol. The van der Waals surface area contributed by atoms with E-state index >= 15 is 0 Å². The molecule has 0 aliphatic rings. The average Bonchev–Trinajstić information content (AvgIpc) is 2.20. The fraction of sp³-hybridized carbons (Fsp3) is 0.500. The first-order chi connectivity index (χ1) is 7.58. The normalized spacial score (nSPS) is 13.0. The van der Waals surface area contributed by atoms with Crippen molar-refractivity contribution < 1.29 is 10.2 Å². The zero-order valence-corrected chi connectivity index (χ0v) is 9.85. The summed E-state index contributed by atoms with van der Waals surface area (Å²) in [4.78, 5) is 1.95. The summed E-state index contributed by atoms with van der Waals surface area (Å²) in [6, 6.07) is 7.04. The number of hydrogen-bond donors (Lipinski definition) is 3. The van der Waals surface area contributed by atoms with E-state index in [-0.39, 0.29) is 11.9 Å². The maximum absolute atomic E-state index is 9.60. The number of aliphatic hydroxyl groups is 1. The van der Waals surface area contributed by atoms with Crippen molar-refractivity contribution in [2.75, 3.05) is 27.2 Å². The van der Waals surface area contributed by atoms with Gasteiger partial charge in [0.2, 0.25) is 0 Å². The number of likely N-dealkylation sites (N-methyl/N-ethyl adjacent to an activating group) is 1. The minimum absolute atomic E-state index is 0.274. The van der Waals surface area contributed by atoms with Crippen LogP contribution < -0.4 is 5.32 Å². The highest BCUT2D eigenvalue weighted by Crippen LogP contribution is 2.08. The standard InChI is InChI=1S/C12H20N2O2/c1-14(2)9-12(16)8-13-7-10-3-5-11(15)6-4-10/h3-6,12-13,15-16H,7-9H2,1-2H3. The minimum Gasteiger partial charge on any atom is -0.508 e. The maximum Gasteiger partial charge on any atom is 0.115 e. The van der Waals surface area contributed by atoms with E-state index in [0.29, 0.717) is 19.6 Å². The molecule has 1 aromatic rings. The molecule has 0 fully saturated rings. The molecular weight excluding hydrogens is 204 g/mol. The molecule has 1 unspecified atom stereocenters. The molecule has 4 heteroatoms. The molecule has 0 bridgehead atoms. The van der Waals surface area contributed by atoms with E-state index in [0.717, 1.165) is 5.56 Å². The first kappa shape index (κ1) is 13.0. The van der Waals surface area contributed by atoms with Crippen LogP contribution in [0.15, 0.2) is 24.3 Å². The summed E-state index contributed by atoms with van der Waals surface area (Å²) in [6.45, 7) is 1.92. The third-order valence-corrected chi connectivity index (χ3v) is 2.22. The van der Waals surface area contributed by atoms with Crippen molar-refractivity contribution in [1.29, 1.82) is 0 Å². The highest BCUT2D eigenvalue weighted by Gasteiger charge is 2.04. The molecule has 1 atom stereocenters. The number of benzene rings is 1. The molecule has 4 nitrogen and oxygen atoms in total. The van der Waals surface area contributed by atoms with Gasteiger partial charge in [-0.1, -0.05) is 12.1 Å². The predicted octanol–water partition coefficient (Wildman–Crippen LogP) is 0.404. The van der Waals surface area contributed by atoms with Crippen LogP contribution in [-0.2, 0) is 6.54 Å². The second kappa shape index (κ2) is 6.48. The molecule has 90 valence electrons. The smallest absolute Gasteiger partial charge is 0.115 e. The van der Waals surface area contributed by atoms with Gasteiger partial charge in [0.25, 0.3) is 0 Å². The number of hydrogen-bond acceptors (Lipinski definition) is 4. The number of nitrogens with one attached hydrogen (secondary N) is 1. The van der Waals surface area contributed by atoms with Gasteiger partial charge in [-0.15, -0.1) is 0 Å². The lowest BCUT2D eigenvalue weighted by atomic mass is 10.2. The van der Waals surface area contributed by atoms with Gasteiger partial charge in [0.05, 0.1) is 6.10 Å². The van der Waals surface area contributed by atoms with Gasteiger partial charge in [0.1, 0.15) is 5.75 Å². The van der Waals surface area contributed by atoms with Gasteiger partial charge in [0.15, 0.2) is 0 Å². The zero-order valence-electron chi connectivity index (χ0n) is 9.85. The van der Waals surface area contributed by atoms with Crippen LogP contribution in [0.25, 0.3) is 0 Å². The number of aliphatic hydroxyl groups excluding tert-OH is 1. The van der Waals surface area contributed by atoms with E-state index in [1.165, 1.54) is 0 Å². The summed E-state index contributed by atoms with van der Waals surface area (Å²) >= 11 is 0. The van der Waals surface area contributed by atoms with Crippen LogP contribution in [0.2, 0.25) is 0 Å². The van der Waals surface area contributed by atoms with E-state index in [9.17, 15) is 5.11 Å². The van der Waals surface area contributed by atoms with E-state index in [2.05, 4.69) is 5.32 Å². The molecule has 0 saturated heterocycles. The van der Waals surface area contributed by atoms with E-state index in [1.54, 1.807) is 12.1 Å². The van der Waals surface area contributed by atoms with Crippen LogP contribution in [0, 0.1) is 0 Å². The summed E-state index contributed by atoms with van der Waals surface area (Å²) in [5.41, 5.74) is 1.09. The number of aromatic hydroxyl groups is 1. The van der Waals surface area contributed by atoms with Crippen LogP contribution in [0.3, 0.4) is 0 Å². The molecule has 1 rings (SSSR count). The van der Waals surface area contributed by atoms with E-state index in [4.69, 9.17) is 5.11 Å². The number of nitrogens with zero attached hydrogens (tertiary/aromatic N) is 1. The first-order valence-corrected chi connectivity index (χ1v) is 5.39. The summed E-state index contributed by atoms with van der Waals surface area (Å²) < 4.78 is 0. The molecule has 16 heavy (non-hydrogen) atoms. The van der Waals surface area contributed by atoms with Crippen molar-refractivity contribution >= 4 is 0 Å². The Labute approximate surface area is 96.5 Å². The highest BCUT2D eigenvalue weighted by molar-refractivity contribution is 5.25. The quantitative estimate of drug-likeness (QED) is 0.655. The molecule has 3 N–H and O–H groups in total. The Hall–Kier alpha value is -1.10. The lowest BCUT2D eigenvalue weighted by Gasteiger charge is -2.16. The van der Waals surface area contributed by atoms with E-state index < -0.39 is 0 Å². The van der Waals surface area contributed by atoms with Gasteiger partial charge >= 0.3 is 0 Å². The number of phenols is 1. The largest absolute Gasteiger partial charge is 0.508 e. The molecule has 0 aromatic heterocycles.